The van der Waals surface area contributed by atoms with Crippen LogP contribution in [0.15, 0.2) is 23.5 Å². The third-order valence-corrected chi connectivity index (χ3v) is 2.60. The molecule has 0 aliphatic carbocycles. The van der Waals surface area contributed by atoms with E-state index < -0.39 is 5.91 Å². The van der Waals surface area contributed by atoms with E-state index in [2.05, 4.69) is 10.1 Å². The topological polar surface area (TPSA) is 118 Å². The molecule has 1 amide bonds. The van der Waals surface area contributed by atoms with Gasteiger partial charge in [0.2, 0.25) is 0 Å². The van der Waals surface area contributed by atoms with Gasteiger partial charge in [-0.1, -0.05) is 12.1 Å². The van der Waals surface area contributed by atoms with Gasteiger partial charge in [0.15, 0.2) is 0 Å². The molecule has 98 valence electrons. The molecule has 0 aliphatic rings. The summed E-state index contributed by atoms with van der Waals surface area (Å²) in [7, 11) is 1.83. The van der Waals surface area contributed by atoms with E-state index in [1.165, 1.54) is 6.20 Å². The number of aromatic nitrogens is 1. The van der Waals surface area contributed by atoms with Crippen LogP contribution in [0.4, 0.5) is 5.69 Å². The summed E-state index contributed by atoms with van der Waals surface area (Å²) >= 11 is 0. The number of hydrogen-bond acceptors (Lipinski definition) is 5. The maximum Gasteiger partial charge on any atom is 0.267 e. The number of carbonyl (C=O) groups excluding carboxylic acids is 1. The predicted molar refractivity (Wildman–Crippen MR) is 68.6 cm³/mol. The predicted octanol–water partition coefficient (Wildman–Crippen LogP) is -0.000800. The van der Waals surface area contributed by atoms with Gasteiger partial charge in [-0.3, -0.25) is 9.78 Å². The van der Waals surface area contributed by atoms with Crippen LogP contribution in [0, 0.1) is 5.92 Å². The molecule has 1 atom stereocenters. The highest BCUT2D eigenvalue weighted by molar-refractivity contribution is 5.91. The Hall–Kier alpha value is -2.31. The third kappa shape index (κ3) is 3.34. The average Bonchev–Trinajstić information content (AvgIpc) is 2.37. The van der Waals surface area contributed by atoms with Crippen LogP contribution in [-0.4, -0.2) is 35.5 Å². The summed E-state index contributed by atoms with van der Waals surface area (Å²) in [6.07, 6.45) is 1.51. The zero-order chi connectivity index (χ0) is 13.7. The number of carbonyl (C=O) groups is 1. The highest BCUT2D eigenvalue weighted by Crippen LogP contribution is 2.14. The molecule has 0 radical (unpaired) electrons. The minimum absolute atomic E-state index is 0.120. The van der Waals surface area contributed by atoms with Crippen LogP contribution in [0.1, 0.15) is 17.4 Å². The number of anilines is 1. The van der Waals surface area contributed by atoms with Gasteiger partial charge < -0.3 is 21.6 Å². The molecule has 1 heterocycles. The summed E-state index contributed by atoms with van der Waals surface area (Å²) < 4.78 is 0. The van der Waals surface area contributed by atoms with E-state index in [1.807, 2.05) is 18.9 Å². The second-order valence-corrected chi connectivity index (χ2v) is 4.07. The maximum atomic E-state index is 11.0. The minimum atomic E-state index is -0.574. The Labute approximate surface area is 105 Å². The number of nitrogens with two attached hydrogens (primary N) is 2. The standard InChI is InChI=1S/C11H17N5O2/c1-7(10(12)15-18)6-16(2)8-3-4-14-9(5-8)11(13)17/h3-5,7,18H,6H2,1-2H3,(H2,12,15)(H2,13,17). The van der Waals surface area contributed by atoms with E-state index in [0.29, 0.717) is 6.54 Å². The lowest BCUT2D eigenvalue weighted by molar-refractivity contribution is 0.0995. The molecule has 1 rings (SSSR count). The lowest BCUT2D eigenvalue weighted by Gasteiger charge is -2.22. The molecule has 0 saturated heterocycles. The first-order valence-corrected chi connectivity index (χ1v) is 5.40. The van der Waals surface area contributed by atoms with Crippen molar-refractivity contribution in [3.05, 3.63) is 24.0 Å². The molecule has 0 aromatic carbocycles. The van der Waals surface area contributed by atoms with Crippen LogP contribution in [-0.2, 0) is 0 Å². The van der Waals surface area contributed by atoms with Gasteiger partial charge in [-0.15, -0.1) is 0 Å². The van der Waals surface area contributed by atoms with Crippen LogP contribution >= 0.6 is 0 Å². The van der Waals surface area contributed by atoms with Crippen molar-refractivity contribution in [1.29, 1.82) is 0 Å². The van der Waals surface area contributed by atoms with Gasteiger partial charge in [0.05, 0.1) is 0 Å². The van der Waals surface area contributed by atoms with Gasteiger partial charge >= 0.3 is 0 Å². The Balaban J connectivity index is 2.81. The lowest BCUT2D eigenvalue weighted by atomic mass is 10.1. The third-order valence-electron chi connectivity index (χ3n) is 2.60. The van der Waals surface area contributed by atoms with Crippen LogP contribution in [0.2, 0.25) is 0 Å². The summed E-state index contributed by atoms with van der Waals surface area (Å²) in [5.41, 5.74) is 11.7. The molecule has 18 heavy (non-hydrogen) atoms. The molecule has 1 aromatic rings. The van der Waals surface area contributed by atoms with E-state index in [4.69, 9.17) is 16.7 Å². The monoisotopic (exact) mass is 251 g/mol. The molecule has 0 fully saturated rings. The first kappa shape index (κ1) is 13.8. The first-order valence-electron chi connectivity index (χ1n) is 5.40. The van der Waals surface area contributed by atoms with Gasteiger partial charge in [0.25, 0.3) is 5.91 Å². The van der Waals surface area contributed by atoms with Crippen LogP contribution in [0.25, 0.3) is 0 Å². The molecule has 7 nitrogen and oxygen atoms in total. The van der Waals surface area contributed by atoms with E-state index in [9.17, 15) is 4.79 Å². The maximum absolute atomic E-state index is 11.0. The second-order valence-electron chi connectivity index (χ2n) is 4.07. The summed E-state index contributed by atoms with van der Waals surface area (Å²) in [6, 6.07) is 3.35. The van der Waals surface area contributed by atoms with Crippen molar-refractivity contribution in [2.45, 2.75) is 6.92 Å². The number of pyridine rings is 1. The molecule has 0 aliphatic heterocycles. The first-order chi connectivity index (χ1) is 8.45. The molecular formula is C11H17N5O2. The number of rotatable bonds is 5. The van der Waals surface area contributed by atoms with Gasteiger partial charge in [-0.25, -0.2) is 0 Å². The molecule has 0 spiro atoms. The largest absolute Gasteiger partial charge is 0.409 e. The summed E-state index contributed by atoms with van der Waals surface area (Å²) in [6.45, 7) is 2.37. The minimum Gasteiger partial charge on any atom is -0.409 e. The van der Waals surface area contributed by atoms with E-state index >= 15 is 0 Å². The van der Waals surface area contributed by atoms with Crippen molar-refractivity contribution in [3.8, 4) is 0 Å². The van der Waals surface area contributed by atoms with Crippen molar-refractivity contribution < 1.29 is 10.0 Å². The highest BCUT2D eigenvalue weighted by Gasteiger charge is 2.12. The number of hydrogen-bond donors (Lipinski definition) is 3. The average molecular weight is 251 g/mol. The van der Waals surface area contributed by atoms with Crippen LogP contribution in [0.5, 0.6) is 0 Å². The molecular weight excluding hydrogens is 234 g/mol. The highest BCUT2D eigenvalue weighted by atomic mass is 16.4. The van der Waals surface area contributed by atoms with Crippen molar-refractivity contribution in [3.63, 3.8) is 0 Å². The molecule has 7 heteroatoms. The van der Waals surface area contributed by atoms with Crippen molar-refractivity contribution >= 4 is 17.4 Å². The Morgan fingerprint density at radius 3 is 2.83 bits per heavy atom. The number of oxime groups is 1. The van der Waals surface area contributed by atoms with E-state index in [1.54, 1.807) is 12.1 Å². The fraction of sp³-hybridized carbons (Fsp3) is 0.364. The Morgan fingerprint density at radius 2 is 2.28 bits per heavy atom. The molecule has 1 aromatic heterocycles. The second kappa shape index (κ2) is 5.85. The van der Waals surface area contributed by atoms with Gasteiger partial charge in [0.1, 0.15) is 11.5 Å². The zero-order valence-electron chi connectivity index (χ0n) is 10.4. The smallest absolute Gasteiger partial charge is 0.267 e. The van der Waals surface area contributed by atoms with Gasteiger partial charge in [-0.2, -0.15) is 0 Å². The quantitative estimate of drug-likeness (QED) is 0.294. The Morgan fingerprint density at radius 1 is 1.61 bits per heavy atom. The van der Waals surface area contributed by atoms with Crippen LogP contribution < -0.4 is 16.4 Å². The molecule has 5 N–H and O–H groups in total. The van der Waals surface area contributed by atoms with E-state index in [0.717, 1.165) is 5.69 Å². The Kier molecular flexibility index (Phi) is 4.47. The fourth-order valence-corrected chi connectivity index (χ4v) is 1.50. The Bertz CT molecular complexity index is 461. The van der Waals surface area contributed by atoms with Crippen molar-refractivity contribution in [2.24, 2.45) is 22.5 Å². The molecule has 0 saturated carbocycles. The molecule has 0 bridgehead atoms. The lowest BCUT2D eigenvalue weighted by Crippen LogP contribution is -2.32. The SMILES string of the molecule is CC(CN(C)c1ccnc(C(N)=O)c1)/C(N)=N/O. The normalized spacial score (nSPS) is 13.1. The number of primary amides is 1. The molecule has 1 unspecified atom stereocenters. The van der Waals surface area contributed by atoms with Crippen molar-refractivity contribution in [2.75, 3.05) is 18.5 Å². The number of amidine groups is 1. The van der Waals surface area contributed by atoms with E-state index in [-0.39, 0.29) is 17.4 Å². The zero-order valence-corrected chi connectivity index (χ0v) is 10.4. The summed E-state index contributed by atoms with van der Waals surface area (Å²) in [4.78, 5) is 16.8. The summed E-state index contributed by atoms with van der Waals surface area (Å²) in [5, 5.41) is 11.5. The summed E-state index contributed by atoms with van der Waals surface area (Å²) in [5.74, 6) is -0.536. The number of nitrogens with zero attached hydrogens (tertiary/aromatic N) is 3. The van der Waals surface area contributed by atoms with Gasteiger partial charge in [0, 0.05) is 31.4 Å². The number of amides is 1. The fourth-order valence-electron chi connectivity index (χ4n) is 1.50. The van der Waals surface area contributed by atoms with Crippen LogP contribution in [0.3, 0.4) is 0 Å². The van der Waals surface area contributed by atoms with Gasteiger partial charge in [-0.05, 0) is 12.1 Å². The van der Waals surface area contributed by atoms with Crippen molar-refractivity contribution in [1.82, 2.24) is 4.98 Å².